The number of aliphatic hydroxyl groups excluding tert-OH is 2. The van der Waals surface area contributed by atoms with Gasteiger partial charge in [0.15, 0.2) is 12.2 Å². The quantitative estimate of drug-likeness (QED) is 0.352. The lowest BCUT2D eigenvalue weighted by Crippen LogP contribution is -2.39. The molecule has 0 bridgehead atoms. The van der Waals surface area contributed by atoms with Gasteiger partial charge in [-0.1, -0.05) is 0 Å². The molecule has 0 saturated heterocycles. The van der Waals surface area contributed by atoms with Gasteiger partial charge in [-0.2, -0.15) is 0 Å². The van der Waals surface area contributed by atoms with Crippen molar-refractivity contribution >= 4 is 35.0 Å². The van der Waals surface area contributed by atoms with Gasteiger partial charge < -0.3 is 20.4 Å². The molecule has 0 aromatic heterocycles. The molecule has 60 valence electrons. The van der Waals surface area contributed by atoms with Gasteiger partial charge in [0.05, 0.1) is 0 Å². The third-order valence-corrected chi connectivity index (χ3v) is 0.805. The third-order valence-electron chi connectivity index (χ3n) is 0.805. The predicted octanol–water partition coefficient (Wildman–Crippen LogP) is -2.50. The zero-order valence-corrected chi connectivity index (χ0v) is 6.88. The maximum Gasteiger partial charge on any atom is 0.335 e. The molecule has 2 radical (unpaired) electrons. The van der Waals surface area contributed by atoms with Crippen molar-refractivity contribution in [1.82, 2.24) is 0 Å². The van der Waals surface area contributed by atoms with E-state index < -0.39 is 24.1 Å². The molecule has 0 saturated carbocycles. The van der Waals surface area contributed by atoms with Gasteiger partial charge >= 0.3 is 11.9 Å². The number of hydrogen-bond acceptors (Lipinski definition) is 4. The van der Waals surface area contributed by atoms with E-state index in [4.69, 9.17) is 20.4 Å². The largest absolute Gasteiger partial charge is 0.479 e. The minimum atomic E-state index is -2.27. The average Bonchev–Trinajstić information content (AvgIpc) is 1.84. The summed E-state index contributed by atoms with van der Waals surface area (Å²) in [6, 6.07) is 0. The van der Waals surface area contributed by atoms with Crippen molar-refractivity contribution in [2.75, 3.05) is 0 Å². The van der Waals surface area contributed by atoms with Gasteiger partial charge in [-0.25, -0.2) is 9.59 Å². The molecule has 11 heavy (non-hydrogen) atoms. The Balaban J connectivity index is 0. The van der Waals surface area contributed by atoms with Gasteiger partial charge in [0, 0.05) is 23.1 Å². The lowest BCUT2D eigenvalue weighted by molar-refractivity contribution is -0.165. The van der Waals surface area contributed by atoms with Gasteiger partial charge in [0.25, 0.3) is 0 Å². The van der Waals surface area contributed by atoms with Crippen LogP contribution in [0, 0.1) is 0 Å². The van der Waals surface area contributed by atoms with E-state index >= 15 is 0 Å². The van der Waals surface area contributed by atoms with E-state index in [0.717, 1.165) is 0 Å². The molecule has 0 fully saturated rings. The van der Waals surface area contributed by atoms with Crippen LogP contribution in [-0.2, 0) is 9.59 Å². The van der Waals surface area contributed by atoms with Crippen LogP contribution in [0.25, 0.3) is 0 Å². The Hall–Kier alpha value is -0.374. The average molecular weight is 174 g/mol. The standard InChI is InChI=1S/C4H6O6.Mg/c5-1(3(7)8)2(6)4(9)10;/h1-2,5-6H,(H,7,8)(H,9,10);/t1-,2-;/m1./s1. The molecule has 0 aliphatic rings. The van der Waals surface area contributed by atoms with E-state index in [2.05, 4.69) is 0 Å². The Morgan fingerprint density at radius 2 is 1.09 bits per heavy atom. The fourth-order valence-electron chi connectivity index (χ4n) is 0.270. The summed E-state index contributed by atoms with van der Waals surface area (Å²) in [6.07, 6.45) is -4.53. The first kappa shape index (κ1) is 13.2. The molecular formula is C4H6MgO6. The highest BCUT2D eigenvalue weighted by molar-refractivity contribution is 5.83. The van der Waals surface area contributed by atoms with Crippen LogP contribution in [0.15, 0.2) is 0 Å². The number of carbonyl (C=O) groups is 2. The second-order valence-corrected chi connectivity index (χ2v) is 1.57. The highest BCUT2D eigenvalue weighted by Crippen LogP contribution is 1.92. The van der Waals surface area contributed by atoms with E-state index in [-0.39, 0.29) is 23.1 Å². The third kappa shape index (κ3) is 4.14. The highest BCUT2D eigenvalue weighted by atomic mass is 24.3. The number of carboxylic acid groups (broad SMARTS) is 2. The molecular weight excluding hydrogens is 168 g/mol. The number of aliphatic hydroxyl groups is 2. The highest BCUT2D eigenvalue weighted by Gasteiger charge is 2.29. The van der Waals surface area contributed by atoms with Gasteiger partial charge in [-0.3, -0.25) is 0 Å². The van der Waals surface area contributed by atoms with Crippen molar-refractivity contribution in [3.8, 4) is 0 Å². The molecule has 0 aromatic rings. The topological polar surface area (TPSA) is 115 Å². The van der Waals surface area contributed by atoms with Crippen LogP contribution in [0.3, 0.4) is 0 Å². The number of aliphatic carboxylic acids is 2. The lowest BCUT2D eigenvalue weighted by atomic mass is 10.2. The van der Waals surface area contributed by atoms with Crippen LogP contribution in [0.1, 0.15) is 0 Å². The fraction of sp³-hybridized carbons (Fsp3) is 0.500. The van der Waals surface area contributed by atoms with Crippen molar-refractivity contribution in [1.29, 1.82) is 0 Å². The SMILES string of the molecule is O=C(O)[C@H](O)[C@@H](O)C(=O)O.[Mg]. The second kappa shape index (κ2) is 5.30. The summed E-state index contributed by atoms with van der Waals surface area (Å²) in [6.45, 7) is 0. The zero-order chi connectivity index (χ0) is 8.31. The number of carboxylic acids is 2. The smallest absolute Gasteiger partial charge is 0.335 e. The molecule has 0 rings (SSSR count). The van der Waals surface area contributed by atoms with Crippen LogP contribution < -0.4 is 0 Å². The minimum absolute atomic E-state index is 0. The van der Waals surface area contributed by atoms with Crippen LogP contribution in [0.5, 0.6) is 0 Å². The molecule has 0 aliphatic heterocycles. The lowest BCUT2D eigenvalue weighted by Gasteiger charge is -2.07. The molecule has 0 aromatic carbocycles. The minimum Gasteiger partial charge on any atom is -0.479 e. The summed E-state index contributed by atoms with van der Waals surface area (Å²) in [4.78, 5) is 19.5. The molecule has 0 unspecified atom stereocenters. The van der Waals surface area contributed by atoms with Crippen molar-refractivity contribution in [3.05, 3.63) is 0 Å². The molecule has 0 amide bonds. The van der Waals surface area contributed by atoms with Crippen molar-refractivity contribution in [3.63, 3.8) is 0 Å². The maximum atomic E-state index is 9.77. The van der Waals surface area contributed by atoms with Crippen molar-refractivity contribution in [2.45, 2.75) is 12.2 Å². The van der Waals surface area contributed by atoms with Crippen molar-refractivity contribution in [2.24, 2.45) is 0 Å². The van der Waals surface area contributed by atoms with E-state index in [1.54, 1.807) is 0 Å². The van der Waals surface area contributed by atoms with E-state index in [9.17, 15) is 9.59 Å². The van der Waals surface area contributed by atoms with Crippen LogP contribution in [-0.4, -0.2) is 67.6 Å². The molecule has 2 atom stereocenters. The Labute approximate surface area is 77.6 Å². The summed E-state index contributed by atoms with van der Waals surface area (Å²) in [5.74, 6) is -3.54. The first-order valence-electron chi connectivity index (χ1n) is 2.28. The van der Waals surface area contributed by atoms with Gasteiger partial charge in [0.1, 0.15) is 0 Å². The molecule has 6 nitrogen and oxygen atoms in total. The van der Waals surface area contributed by atoms with Crippen LogP contribution >= 0.6 is 0 Å². The Kier molecular flexibility index (Phi) is 6.37. The summed E-state index contributed by atoms with van der Waals surface area (Å²) >= 11 is 0. The second-order valence-electron chi connectivity index (χ2n) is 1.57. The van der Waals surface area contributed by atoms with Crippen LogP contribution in [0.4, 0.5) is 0 Å². The molecule has 0 heterocycles. The normalized spacial score (nSPS) is 14.4. The Morgan fingerprint density at radius 1 is 0.909 bits per heavy atom. The van der Waals surface area contributed by atoms with Crippen LogP contribution in [0.2, 0.25) is 0 Å². The molecule has 4 N–H and O–H groups in total. The first-order chi connectivity index (χ1) is 4.46. The summed E-state index contributed by atoms with van der Waals surface area (Å²) < 4.78 is 0. The van der Waals surface area contributed by atoms with E-state index in [1.165, 1.54) is 0 Å². The van der Waals surface area contributed by atoms with Crippen molar-refractivity contribution < 1.29 is 30.0 Å². The molecule has 0 spiro atoms. The molecule has 0 aliphatic carbocycles. The Morgan fingerprint density at radius 3 is 1.18 bits per heavy atom. The van der Waals surface area contributed by atoms with Gasteiger partial charge in [-0.15, -0.1) is 0 Å². The Bertz CT molecular complexity index is 139. The summed E-state index contributed by atoms with van der Waals surface area (Å²) in [5, 5.41) is 32.5. The van der Waals surface area contributed by atoms with Gasteiger partial charge in [0.2, 0.25) is 0 Å². The fourth-order valence-corrected chi connectivity index (χ4v) is 0.270. The summed E-state index contributed by atoms with van der Waals surface area (Å²) in [7, 11) is 0. The monoisotopic (exact) mass is 174 g/mol. The van der Waals surface area contributed by atoms with E-state index in [1.807, 2.05) is 0 Å². The van der Waals surface area contributed by atoms with Gasteiger partial charge in [-0.05, 0) is 0 Å². The number of hydrogen-bond donors (Lipinski definition) is 4. The summed E-state index contributed by atoms with van der Waals surface area (Å²) in [5.41, 5.74) is 0. The number of rotatable bonds is 3. The predicted molar refractivity (Wildman–Crippen MR) is 33.0 cm³/mol. The zero-order valence-electron chi connectivity index (χ0n) is 5.47. The molecule has 7 heteroatoms. The van der Waals surface area contributed by atoms with E-state index in [0.29, 0.717) is 0 Å². The first-order valence-corrected chi connectivity index (χ1v) is 2.28. The maximum absolute atomic E-state index is 9.77.